The molecule has 3 rings (SSSR count). The SMILES string of the molecule is CC(Cl)c1nc2ccccc2c(=O)n1-c1cnn(C)c1. The van der Waals surface area contributed by atoms with Gasteiger partial charge in [-0.1, -0.05) is 12.1 Å². The molecule has 0 saturated carbocycles. The zero-order chi connectivity index (χ0) is 14.3. The summed E-state index contributed by atoms with van der Waals surface area (Å²) < 4.78 is 3.16. The zero-order valence-electron chi connectivity index (χ0n) is 11.1. The zero-order valence-corrected chi connectivity index (χ0v) is 11.9. The number of alkyl halides is 1. The molecule has 0 radical (unpaired) electrons. The molecule has 0 saturated heterocycles. The van der Waals surface area contributed by atoms with Crippen molar-refractivity contribution in [2.24, 2.45) is 7.05 Å². The maximum absolute atomic E-state index is 12.7. The van der Waals surface area contributed by atoms with Crippen LogP contribution >= 0.6 is 11.6 Å². The van der Waals surface area contributed by atoms with Crippen molar-refractivity contribution < 1.29 is 0 Å². The number of hydrogen-bond acceptors (Lipinski definition) is 3. The van der Waals surface area contributed by atoms with Crippen LogP contribution in [-0.4, -0.2) is 19.3 Å². The van der Waals surface area contributed by atoms with Gasteiger partial charge in [0.2, 0.25) is 0 Å². The third-order valence-corrected chi connectivity index (χ3v) is 3.30. The van der Waals surface area contributed by atoms with Crippen molar-refractivity contribution in [2.75, 3.05) is 0 Å². The van der Waals surface area contributed by atoms with Crippen LogP contribution in [0.15, 0.2) is 41.5 Å². The standard InChI is InChI=1S/C14H13ClN4O/c1-9(15)13-17-12-6-4-3-5-11(12)14(20)19(13)10-7-16-18(2)8-10/h3-9H,1-2H3. The lowest BCUT2D eigenvalue weighted by Gasteiger charge is -2.13. The highest BCUT2D eigenvalue weighted by Crippen LogP contribution is 2.21. The molecule has 3 aromatic rings. The van der Waals surface area contributed by atoms with Gasteiger partial charge < -0.3 is 0 Å². The van der Waals surface area contributed by atoms with Crippen molar-refractivity contribution in [3.05, 3.63) is 52.8 Å². The summed E-state index contributed by atoms with van der Waals surface area (Å²) in [5.41, 5.74) is 1.18. The Morgan fingerprint density at radius 2 is 2.05 bits per heavy atom. The van der Waals surface area contributed by atoms with Gasteiger partial charge in [-0.2, -0.15) is 5.10 Å². The fourth-order valence-corrected chi connectivity index (χ4v) is 2.34. The predicted octanol–water partition coefficient (Wildman–Crippen LogP) is 2.42. The minimum Gasteiger partial charge on any atom is -0.274 e. The molecule has 0 aliphatic rings. The first-order valence-electron chi connectivity index (χ1n) is 6.22. The molecule has 2 heterocycles. The van der Waals surface area contributed by atoms with E-state index in [1.165, 1.54) is 4.57 Å². The molecule has 5 nitrogen and oxygen atoms in total. The van der Waals surface area contributed by atoms with Crippen molar-refractivity contribution in [3.8, 4) is 5.69 Å². The second-order valence-electron chi connectivity index (χ2n) is 4.62. The molecule has 1 atom stereocenters. The molecule has 0 aliphatic carbocycles. The molecule has 0 spiro atoms. The molecule has 0 fully saturated rings. The van der Waals surface area contributed by atoms with Crippen molar-refractivity contribution >= 4 is 22.5 Å². The van der Waals surface area contributed by atoms with Crippen LogP contribution in [0, 0.1) is 0 Å². The molecule has 0 bridgehead atoms. The fourth-order valence-electron chi connectivity index (χ4n) is 2.19. The lowest BCUT2D eigenvalue weighted by Crippen LogP contribution is -2.24. The van der Waals surface area contributed by atoms with E-state index in [1.807, 2.05) is 18.2 Å². The second-order valence-corrected chi connectivity index (χ2v) is 5.27. The Balaban J connectivity index is 2.42. The summed E-state index contributed by atoms with van der Waals surface area (Å²) in [5, 5.41) is 4.29. The van der Waals surface area contributed by atoms with Crippen LogP contribution in [0.2, 0.25) is 0 Å². The van der Waals surface area contributed by atoms with Gasteiger partial charge >= 0.3 is 0 Å². The highest BCUT2D eigenvalue weighted by atomic mass is 35.5. The van der Waals surface area contributed by atoms with Gasteiger partial charge in [0, 0.05) is 13.2 Å². The molecular formula is C14H13ClN4O. The van der Waals surface area contributed by atoms with Crippen LogP contribution in [0.1, 0.15) is 18.1 Å². The summed E-state index contributed by atoms with van der Waals surface area (Å²) in [5.74, 6) is 0.517. The number of hydrogen-bond donors (Lipinski definition) is 0. The summed E-state index contributed by atoms with van der Waals surface area (Å²) >= 11 is 6.19. The topological polar surface area (TPSA) is 52.7 Å². The highest BCUT2D eigenvalue weighted by molar-refractivity contribution is 6.20. The predicted molar refractivity (Wildman–Crippen MR) is 78.4 cm³/mol. The molecule has 1 aromatic carbocycles. The average Bonchev–Trinajstić information content (AvgIpc) is 2.85. The van der Waals surface area contributed by atoms with Crippen molar-refractivity contribution in [1.82, 2.24) is 19.3 Å². The van der Waals surface area contributed by atoms with Gasteiger partial charge in [0.1, 0.15) is 5.82 Å². The first-order chi connectivity index (χ1) is 9.58. The third-order valence-electron chi connectivity index (χ3n) is 3.11. The number of fused-ring (bicyclic) bond motifs is 1. The van der Waals surface area contributed by atoms with E-state index in [0.717, 1.165) is 0 Å². The monoisotopic (exact) mass is 288 g/mol. The number of aromatic nitrogens is 4. The van der Waals surface area contributed by atoms with E-state index in [1.54, 1.807) is 37.1 Å². The van der Waals surface area contributed by atoms with Gasteiger partial charge in [0.05, 0.1) is 28.2 Å². The molecule has 2 aromatic heterocycles. The molecule has 20 heavy (non-hydrogen) atoms. The summed E-state index contributed by atoms with van der Waals surface area (Å²) in [6.07, 6.45) is 3.39. The largest absolute Gasteiger partial charge is 0.274 e. The maximum Gasteiger partial charge on any atom is 0.266 e. The van der Waals surface area contributed by atoms with Crippen LogP contribution in [0.3, 0.4) is 0 Å². The van der Waals surface area contributed by atoms with Gasteiger partial charge in [0.15, 0.2) is 0 Å². The number of halogens is 1. The Labute approximate surface area is 120 Å². The van der Waals surface area contributed by atoms with Crippen LogP contribution in [0.25, 0.3) is 16.6 Å². The minimum absolute atomic E-state index is 0.133. The molecule has 0 amide bonds. The van der Waals surface area contributed by atoms with Crippen molar-refractivity contribution in [3.63, 3.8) is 0 Å². The van der Waals surface area contributed by atoms with E-state index in [-0.39, 0.29) is 10.9 Å². The second kappa shape index (κ2) is 4.76. The van der Waals surface area contributed by atoms with Gasteiger partial charge in [-0.3, -0.25) is 14.0 Å². The first kappa shape index (κ1) is 12.9. The lowest BCUT2D eigenvalue weighted by molar-refractivity contribution is 0.765. The maximum atomic E-state index is 12.7. The van der Waals surface area contributed by atoms with E-state index < -0.39 is 0 Å². The smallest absolute Gasteiger partial charge is 0.266 e. The molecular weight excluding hydrogens is 276 g/mol. The van der Waals surface area contributed by atoms with Crippen molar-refractivity contribution in [2.45, 2.75) is 12.3 Å². The number of nitrogens with zero attached hydrogens (tertiary/aromatic N) is 4. The van der Waals surface area contributed by atoms with Gasteiger partial charge in [0.25, 0.3) is 5.56 Å². The quantitative estimate of drug-likeness (QED) is 0.681. The van der Waals surface area contributed by atoms with E-state index in [9.17, 15) is 4.79 Å². The molecule has 1 unspecified atom stereocenters. The normalized spacial score (nSPS) is 12.8. The Bertz CT molecular complexity index is 835. The number of rotatable bonds is 2. The van der Waals surface area contributed by atoms with Crippen molar-refractivity contribution in [1.29, 1.82) is 0 Å². The summed E-state index contributed by atoms with van der Waals surface area (Å²) in [6, 6.07) is 7.25. The first-order valence-corrected chi connectivity index (χ1v) is 6.66. The highest BCUT2D eigenvalue weighted by Gasteiger charge is 2.16. The Morgan fingerprint density at radius 1 is 1.30 bits per heavy atom. The lowest BCUT2D eigenvalue weighted by atomic mass is 10.2. The van der Waals surface area contributed by atoms with Gasteiger partial charge in [-0.15, -0.1) is 11.6 Å². The molecule has 102 valence electrons. The van der Waals surface area contributed by atoms with E-state index in [0.29, 0.717) is 22.4 Å². The van der Waals surface area contributed by atoms with E-state index in [4.69, 9.17) is 11.6 Å². The summed E-state index contributed by atoms with van der Waals surface area (Å²) in [6.45, 7) is 1.80. The number of para-hydroxylation sites is 1. The Kier molecular flexibility index (Phi) is 3.06. The van der Waals surface area contributed by atoms with Crippen LogP contribution in [0.4, 0.5) is 0 Å². The van der Waals surface area contributed by atoms with E-state index in [2.05, 4.69) is 10.1 Å². The molecule has 0 aliphatic heterocycles. The Morgan fingerprint density at radius 3 is 2.70 bits per heavy atom. The van der Waals surface area contributed by atoms with Crippen LogP contribution in [-0.2, 0) is 7.05 Å². The fraction of sp³-hybridized carbons (Fsp3) is 0.214. The number of aryl methyl sites for hydroxylation is 1. The third kappa shape index (κ3) is 2.00. The molecule has 6 heteroatoms. The average molecular weight is 289 g/mol. The Hall–Kier alpha value is -2.14. The molecule has 0 N–H and O–H groups in total. The summed E-state index contributed by atoms with van der Waals surface area (Å²) in [7, 11) is 1.80. The van der Waals surface area contributed by atoms with E-state index >= 15 is 0 Å². The van der Waals surface area contributed by atoms with Crippen LogP contribution in [0.5, 0.6) is 0 Å². The van der Waals surface area contributed by atoms with Gasteiger partial charge in [-0.05, 0) is 19.1 Å². The van der Waals surface area contributed by atoms with Crippen LogP contribution < -0.4 is 5.56 Å². The number of benzene rings is 1. The minimum atomic E-state index is -0.382. The van der Waals surface area contributed by atoms with Gasteiger partial charge in [-0.25, -0.2) is 4.98 Å². The summed E-state index contributed by atoms with van der Waals surface area (Å²) in [4.78, 5) is 17.2.